The van der Waals surface area contributed by atoms with Crippen molar-refractivity contribution in [1.82, 2.24) is 10.3 Å². The van der Waals surface area contributed by atoms with Gasteiger partial charge in [0.2, 0.25) is 0 Å². The van der Waals surface area contributed by atoms with E-state index in [1.807, 2.05) is 13.0 Å². The molecule has 5 nitrogen and oxygen atoms in total. The second-order valence-corrected chi connectivity index (χ2v) is 7.11. The molecule has 0 amide bonds. The lowest BCUT2D eigenvalue weighted by Crippen LogP contribution is -2.12. The van der Waals surface area contributed by atoms with Crippen LogP contribution in [0.4, 0.5) is 5.69 Å². The van der Waals surface area contributed by atoms with Crippen molar-refractivity contribution in [2.75, 3.05) is 11.8 Å². The quantitative estimate of drug-likeness (QED) is 0.769. The monoisotopic (exact) mass is 357 g/mol. The van der Waals surface area contributed by atoms with Gasteiger partial charge in [-0.15, -0.1) is 0 Å². The highest BCUT2D eigenvalue weighted by Gasteiger charge is 2.16. The summed E-state index contributed by atoms with van der Waals surface area (Å²) >= 11 is 3.35. The van der Waals surface area contributed by atoms with Crippen LogP contribution in [0.1, 0.15) is 11.3 Å². The second kappa shape index (κ2) is 5.99. The van der Waals surface area contributed by atoms with E-state index in [0.717, 1.165) is 15.7 Å². The van der Waals surface area contributed by atoms with E-state index < -0.39 is 10.0 Å². The molecular formula is C13H16BrN3O2S. The number of hydrogen-bond donors (Lipinski definition) is 3. The molecule has 0 fully saturated rings. The van der Waals surface area contributed by atoms with E-state index in [2.05, 4.69) is 31.0 Å². The van der Waals surface area contributed by atoms with Gasteiger partial charge in [0.1, 0.15) is 4.90 Å². The number of anilines is 1. The number of hydrogen-bond acceptors (Lipinski definition) is 3. The van der Waals surface area contributed by atoms with E-state index in [-0.39, 0.29) is 4.90 Å². The van der Waals surface area contributed by atoms with Gasteiger partial charge in [-0.3, -0.25) is 4.72 Å². The first-order valence-corrected chi connectivity index (χ1v) is 8.30. The fourth-order valence-corrected chi connectivity index (χ4v) is 3.54. The molecule has 1 aromatic heterocycles. The first-order valence-electron chi connectivity index (χ1n) is 6.02. The molecule has 20 heavy (non-hydrogen) atoms. The number of aromatic nitrogens is 1. The Hall–Kier alpha value is -1.31. The molecule has 0 saturated carbocycles. The van der Waals surface area contributed by atoms with Crippen molar-refractivity contribution in [1.29, 1.82) is 0 Å². The molecule has 0 radical (unpaired) electrons. The predicted molar refractivity (Wildman–Crippen MR) is 83.2 cm³/mol. The third-order valence-electron chi connectivity index (χ3n) is 2.69. The fraction of sp³-hybridized carbons (Fsp3) is 0.231. The number of halogens is 1. The van der Waals surface area contributed by atoms with E-state index in [0.29, 0.717) is 12.2 Å². The standard InChI is InChI=1S/C13H16BrN3O2S/c1-9-3-10(14)5-11(4-9)17-20(18,19)13-6-12(7-15-2)16-8-13/h3-6,8,15-17H,7H2,1-2H3. The molecule has 0 bridgehead atoms. The number of H-pyrrole nitrogens is 1. The summed E-state index contributed by atoms with van der Waals surface area (Å²) in [5.74, 6) is 0. The van der Waals surface area contributed by atoms with Crippen molar-refractivity contribution in [3.05, 3.63) is 46.2 Å². The van der Waals surface area contributed by atoms with Crippen LogP contribution < -0.4 is 10.0 Å². The number of aryl methyl sites for hydroxylation is 1. The normalized spacial score (nSPS) is 11.6. The van der Waals surface area contributed by atoms with Gasteiger partial charge in [-0.05, 0) is 43.8 Å². The molecule has 0 atom stereocenters. The van der Waals surface area contributed by atoms with Gasteiger partial charge in [-0.1, -0.05) is 15.9 Å². The molecule has 1 heterocycles. The van der Waals surface area contributed by atoms with Crippen molar-refractivity contribution in [2.45, 2.75) is 18.4 Å². The van der Waals surface area contributed by atoms with Crippen LogP contribution in [0, 0.1) is 6.92 Å². The summed E-state index contributed by atoms with van der Waals surface area (Å²) in [7, 11) is -1.77. The summed E-state index contributed by atoms with van der Waals surface area (Å²) in [6, 6.07) is 7.04. The van der Waals surface area contributed by atoms with Crippen LogP contribution in [0.25, 0.3) is 0 Å². The number of benzene rings is 1. The zero-order chi connectivity index (χ0) is 14.8. The molecule has 3 N–H and O–H groups in total. The Kier molecular flexibility index (Phi) is 4.52. The Morgan fingerprint density at radius 2 is 2.00 bits per heavy atom. The van der Waals surface area contributed by atoms with Gasteiger partial charge in [0.15, 0.2) is 0 Å². The fourth-order valence-electron chi connectivity index (χ4n) is 1.88. The Bertz CT molecular complexity index is 690. The molecule has 0 spiro atoms. The highest BCUT2D eigenvalue weighted by atomic mass is 79.9. The molecule has 0 unspecified atom stereocenters. The Balaban J connectivity index is 2.25. The minimum atomic E-state index is -3.57. The number of sulfonamides is 1. The maximum Gasteiger partial charge on any atom is 0.263 e. The number of rotatable bonds is 5. The zero-order valence-electron chi connectivity index (χ0n) is 11.2. The first kappa shape index (κ1) is 15.1. The first-order chi connectivity index (χ1) is 9.40. The molecular weight excluding hydrogens is 342 g/mol. The van der Waals surface area contributed by atoms with Crippen LogP contribution in [0.2, 0.25) is 0 Å². The van der Waals surface area contributed by atoms with Crippen molar-refractivity contribution < 1.29 is 8.42 Å². The van der Waals surface area contributed by atoms with Crippen LogP contribution in [-0.4, -0.2) is 20.4 Å². The molecule has 7 heteroatoms. The van der Waals surface area contributed by atoms with E-state index >= 15 is 0 Å². The van der Waals surface area contributed by atoms with Crippen LogP contribution in [0.15, 0.2) is 39.8 Å². The smallest absolute Gasteiger partial charge is 0.263 e. The van der Waals surface area contributed by atoms with Crippen LogP contribution in [0.3, 0.4) is 0 Å². The molecule has 2 rings (SSSR count). The van der Waals surface area contributed by atoms with Gasteiger partial charge in [0.05, 0.1) is 5.69 Å². The number of nitrogens with one attached hydrogen (secondary N) is 3. The molecule has 1 aromatic carbocycles. The molecule has 0 aliphatic carbocycles. The van der Waals surface area contributed by atoms with Gasteiger partial charge in [0, 0.05) is 22.9 Å². The second-order valence-electron chi connectivity index (χ2n) is 4.51. The van der Waals surface area contributed by atoms with Gasteiger partial charge in [0.25, 0.3) is 10.0 Å². The zero-order valence-corrected chi connectivity index (χ0v) is 13.6. The Morgan fingerprint density at radius 1 is 1.25 bits per heavy atom. The minimum Gasteiger partial charge on any atom is -0.363 e. The lowest BCUT2D eigenvalue weighted by atomic mass is 10.2. The van der Waals surface area contributed by atoms with Gasteiger partial charge < -0.3 is 10.3 Å². The Morgan fingerprint density at radius 3 is 2.65 bits per heavy atom. The highest BCUT2D eigenvalue weighted by molar-refractivity contribution is 9.10. The van der Waals surface area contributed by atoms with Crippen molar-refractivity contribution in [3.63, 3.8) is 0 Å². The van der Waals surface area contributed by atoms with Crippen LogP contribution in [-0.2, 0) is 16.6 Å². The highest BCUT2D eigenvalue weighted by Crippen LogP contribution is 2.22. The summed E-state index contributed by atoms with van der Waals surface area (Å²) in [4.78, 5) is 3.15. The van der Waals surface area contributed by atoms with Crippen LogP contribution in [0.5, 0.6) is 0 Å². The van der Waals surface area contributed by atoms with Gasteiger partial charge >= 0.3 is 0 Å². The van der Waals surface area contributed by atoms with Crippen molar-refractivity contribution >= 4 is 31.6 Å². The largest absolute Gasteiger partial charge is 0.363 e. The minimum absolute atomic E-state index is 0.223. The average molecular weight is 358 g/mol. The third kappa shape index (κ3) is 3.62. The van der Waals surface area contributed by atoms with E-state index in [1.165, 1.54) is 6.20 Å². The van der Waals surface area contributed by atoms with E-state index in [1.54, 1.807) is 25.2 Å². The number of aromatic amines is 1. The molecule has 0 aliphatic rings. The predicted octanol–water partition coefficient (Wildman–Crippen LogP) is 2.61. The summed E-state index contributed by atoms with van der Waals surface area (Å²) in [5, 5.41) is 2.96. The third-order valence-corrected chi connectivity index (χ3v) is 4.51. The van der Waals surface area contributed by atoms with Crippen LogP contribution >= 0.6 is 15.9 Å². The maximum atomic E-state index is 12.3. The molecule has 2 aromatic rings. The Labute approximate surface area is 127 Å². The molecule has 0 saturated heterocycles. The summed E-state index contributed by atoms with van der Waals surface area (Å²) in [5.41, 5.74) is 2.33. The maximum absolute atomic E-state index is 12.3. The summed E-state index contributed by atoms with van der Waals surface area (Å²) < 4.78 is 28.0. The molecule has 0 aliphatic heterocycles. The topological polar surface area (TPSA) is 74.0 Å². The van der Waals surface area contributed by atoms with Crippen molar-refractivity contribution in [2.24, 2.45) is 0 Å². The van der Waals surface area contributed by atoms with Gasteiger partial charge in [-0.25, -0.2) is 8.42 Å². The molecule has 108 valence electrons. The van der Waals surface area contributed by atoms with Gasteiger partial charge in [-0.2, -0.15) is 0 Å². The summed E-state index contributed by atoms with van der Waals surface area (Å²) in [6.45, 7) is 2.50. The SMILES string of the molecule is CNCc1cc(S(=O)(=O)Nc2cc(C)cc(Br)c2)c[nH]1. The summed E-state index contributed by atoms with van der Waals surface area (Å²) in [6.07, 6.45) is 1.49. The van der Waals surface area contributed by atoms with E-state index in [9.17, 15) is 8.42 Å². The lowest BCUT2D eigenvalue weighted by molar-refractivity contribution is 0.601. The lowest BCUT2D eigenvalue weighted by Gasteiger charge is -2.08. The van der Waals surface area contributed by atoms with E-state index in [4.69, 9.17) is 0 Å². The van der Waals surface area contributed by atoms with Crippen molar-refractivity contribution in [3.8, 4) is 0 Å². The average Bonchev–Trinajstić information content (AvgIpc) is 2.76.